The lowest BCUT2D eigenvalue weighted by atomic mass is 9.86. The zero-order chi connectivity index (χ0) is 29.9. The van der Waals surface area contributed by atoms with Crippen molar-refractivity contribution in [2.75, 3.05) is 13.2 Å². The van der Waals surface area contributed by atoms with Crippen LogP contribution in [0.25, 0.3) is 32.9 Å². The monoisotopic (exact) mass is 573 g/mol. The summed E-state index contributed by atoms with van der Waals surface area (Å²) < 4.78 is 44.4. The summed E-state index contributed by atoms with van der Waals surface area (Å²) in [6.45, 7) is 7.87. The van der Waals surface area contributed by atoms with Crippen LogP contribution >= 0.6 is 0 Å². The summed E-state index contributed by atoms with van der Waals surface area (Å²) in [6.07, 6.45) is 1.16. The molecule has 1 unspecified atom stereocenters. The summed E-state index contributed by atoms with van der Waals surface area (Å²) in [5.74, 6) is -1.57. The van der Waals surface area contributed by atoms with Gasteiger partial charge in [0.05, 0.1) is 28.4 Å². The molecule has 7 nitrogen and oxygen atoms in total. The van der Waals surface area contributed by atoms with Gasteiger partial charge in [-0.15, -0.1) is 0 Å². The molecule has 9 heteroatoms. The van der Waals surface area contributed by atoms with Crippen molar-refractivity contribution in [2.45, 2.75) is 52.2 Å². The van der Waals surface area contributed by atoms with Crippen molar-refractivity contribution in [1.82, 2.24) is 9.72 Å². The molecular weight excluding hydrogens is 540 g/mol. The zero-order valence-corrected chi connectivity index (χ0v) is 24.0. The van der Waals surface area contributed by atoms with Crippen LogP contribution in [0.15, 0.2) is 53.1 Å². The number of amides is 1. The Bertz CT molecular complexity index is 1800. The largest absolute Gasteiger partial charge is 0.386 e. The summed E-state index contributed by atoms with van der Waals surface area (Å²) in [4.78, 5) is 13.0. The van der Waals surface area contributed by atoms with Crippen LogP contribution < -0.4 is 5.73 Å². The number of halogens is 2. The number of ether oxygens (including phenoxy) is 1. The van der Waals surface area contributed by atoms with Gasteiger partial charge in [0.15, 0.2) is 0 Å². The Hall–Kier alpha value is -4.08. The van der Waals surface area contributed by atoms with Crippen molar-refractivity contribution in [3.8, 4) is 11.1 Å². The molecule has 1 amide bonds. The molecule has 3 heterocycles. The van der Waals surface area contributed by atoms with E-state index in [0.717, 1.165) is 0 Å². The number of fused-ring (bicyclic) bond motifs is 3. The van der Waals surface area contributed by atoms with E-state index in [2.05, 4.69) is 5.16 Å². The number of aryl methyl sites for hydroxylation is 2. The number of carbonyl (C=O) groups is 1. The fraction of sp³-hybridized carbons (Fsp3) is 0.333. The van der Waals surface area contributed by atoms with Crippen LogP contribution in [0.1, 0.15) is 65.7 Å². The molecule has 1 aliphatic rings. The number of benzene rings is 3. The Morgan fingerprint density at radius 3 is 2.36 bits per heavy atom. The molecule has 0 saturated carbocycles. The Balaban J connectivity index is 1.81. The summed E-state index contributed by atoms with van der Waals surface area (Å²) >= 11 is 0. The summed E-state index contributed by atoms with van der Waals surface area (Å²) in [5, 5.41) is 16.3. The van der Waals surface area contributed by atoms with Crippen LogP contribution in [0, 0.1) is 31.4 Å². The van der Waals surface area contributed by atoms with Crippen molar-refractivity contribution in [3.63, 3.8) is 0 Å². The van der Waals surface area contributed by atoms with Crippen molar-refractivity contribution in [1.29, 1.82) is 0 Å². The molecule has 3 N–H and O–H groups in total. The maximum absolute atomic E-state index is 15.7. The summed E-state index contributed by atoms with van der Waals surface area (Å²) in [6, 6.07) is 12.2. The van der Waals surface area contributed by atoms with Gasteiger partial charge in [-0.05, 0) is 87.9 Å². The average molecular weight is 574 g/mol. The predicted molar refractivity (Wildman–Crippen MR) is 156 cm³/mol. The maximum Gasteiger partial charge on any atom is 0.249 e. The molecule has 1 saturated heterocycles. The molecule has 1 atom stereocenters. The summed E-state index contributed by atoms with van der Waals surface area (Å²) in [7, 11) is 0. The minimum absolute atomic E-state index is 0.0553. The minimum Gasteiger partial charge on any atom is -0.386 e. The third-order valence-electron chi connectivity index (χ3n) is 8.48. The van der Waals surface area contributed by atoms with Crippen molar-refractivity contribution in [2.24, 2.45) is 11.7 Å². The van der Waals surface area contributed by atoms with Crippen LogP contribution in [0.2, 0.25) is 0 Å². The Labute approximate surface area is 241 Å². The molecule has 1 aliphatic heterocycles. The Morgan fingerprint density at radius 1 is 1.07 bits per heavy atom. The number of rotatable bonds is 6. The standard InChI is InChI=1S/C33H33F2N3O4/c1-17-28(18(2)42-37-17)20-14-23(32(36)39)29-22-9-8-21(33(3,4)40)16-26(22)38(27(29)15-20)31(19-10-12-41-13-11-19)30-24(34)6-5-7-25(30)35/h5-9,14-16,19,31,40H,10-13H2,1-4H3,(H2,36,39). The highest BCUT2D eigenvalue weighted by Crippen LogP contribution is 2.45. The van der Waals surface area contributed by atoms with Gasteiger partial charge in [-0.3, -0.25) is 4.79 Å². The van der Waals surface area contributed by atoms with Gasteiger partial charge < -0.3 is 24.7 Å². The van der Waals surface area contributed by atoms with E-state index in [1.54, 1.807) is 32.9 Å². The second-order valence-electron chi connectivity index (χ2n) is 11.7. The molecule has 0 radical (unpaired) electrons. The van der Waals surface area contributed by atoms with E-state index in [0.29, 0.717) is 76.0 Å². The number of carbonyl (C=O) groups excluding carboxylic acids is 1. The molecule has 0 spiro atoms. The number of hydrogen-bond acceptors (Lipinski definition) is 5. The Morgan fingerprint density at radius 2 is 1.76 bits per heavy atom. The van der Waals surface area contributed by atoms with E-state index >= 15 is 8.78 Å². The van der Waals surface area contributed by atoms with Gasteiger partial charge >= 0.3 is 0 Å². The van der Waals surface area contributed by atoms with Gasteiger partial charge in [0.1, 0.15) is 17.4 Å². The molecule has 3 aromatic carbocycles. The van der Waals surface area contributed by atoms with Crippen LogP contribution in [0.4, 0.5) is 8.78 Å². The predicted octanol–water partition coefficient (Wildman–Crippen LogP) is 6.69. The van der Waals surface area contributed by atoms with Crippen LogP contribution in [-0.4, -0.2) is 34.0 Å². The van der Waals surface area contributed by atoms with E-state index in [1.165, 1.54) is 18.2 Å². The molecule has 42 heavy (non-hydrogen) atoms. The summed E-state index contributed by atoms with van der Waals surface area (Å²) in [5.41, 5.74) is 8.84. The number of nitrogens with zero attached hydrogens (tertiary/aromatic N) is 2. The highest BCUT2D eigenvalue weighted by atomic mass is 19.1. The molecule has 218 valence electrons. The van der Waals surface area contributed by atoms with Crippen molar-refractivity contribution in [3.05, 3.63) is 88.3 Å². The highest BCUT2D eigenvalue weighted by Gasteiger charge is 2.35. The third kappa shape index (κ3) is 4.57. The quantitative estimate of drug-likeness (QED) is 0.236. The molecule has 1 fully saturated rings. The van der Waals surface area contributed by atoms with Crippen LogP contribution in [-0.2, 0) is 10.3 Å². The van der Waals surface area contributed by atoms with E-state index in [9.17, 15) is 9.90 Å². The number of hydrogen-bond donors (Lipinski definition) is 2. The lowest BCUT2D eigenvalue weighted by Gasteiger charge is -2.33. The van der Waals surface area contributed by atoms with Gasteiger partial charge in [-0.25, -0.2) is 8.78 Å². The minimum atomic E-state index is -1.19. The molecule has 2 aromatic heterocycles. The maximum atomic E-state index is 15.7. The second-order valence-corrected chi connectivity index (χ2v) is 11.7. The normalized spacial score (nSPS) is 15.5. The molecule has 0 bridgehead atoms. The average Bonchev–Trinajstić information content (AvgIpc) is 3.45. The van der Waals surface area contributed by atoms with Gasteiger partial charge in [0, 0.05) is 40.7 Å². The molecule has 5 aromatic rings. The van der Waals surface area contributed by atoms with Gasteiger partial charge in [-0.1, -0.05) is 23.4 Å². The smallest absolute Gasteiger partial charge is 0.249 e. The number of nitrogens with two attached hydrogens (primary N) is 1. The molecular formula is C33H33F2N3O4. The SMILES string of the molecule is Cc1noc(C)c1-c1cc(C(N)=O)c2c3ccc(C(C)(C)O)cc3n(C(c3c(F)cccc3F)C3CCOCC3)c2c1. The fourth-order valence-corrected chi connectivity index (χ4v) is 6.49. The third-order valence-corrected chi connectivity index (χ3v) is 8.48. The van der Waals surface area contributed by atoms with Crippen molar-refractivity contribution >= 4 is 27.7 Å². The van der Waals surface area contributed by atoms with Gasteiger partial charge in [0.25, 0.3) is 0 Å². The first kappa shape index (κ1) is 28.1. The lowest BCUT2D eigenvalue weighted by molar-refractivity contribution is 0.0543. The number of aliphatic hydroxyl groups is 1. The topological polar surface area (TPSA) is 104 Å². The van der Waals surface area contributed by atoms with E-state index in [1.807, 2.05) is 29.7 Å². The molecule has 6 rings (SSSR count). The number of primary amides is 1. The van der Waals surface area contributed by atoms with Crippen LogP contribution in [0.5, 0.6) is 0 Å². The lowest BCUT2D eigenvalue weighted by Crippen LogP contribution is -2.28. The fourth-order valence-electron chi connectivity index (χ4n) is 6.49. The number of aromatic nitrogens is 2. The Kier molecular flexibility index (Phi) is 6.90. The molecule has 0 aliphatic carbocycles. The van der Waals surface area contributed by atoms with E-state index in [4.69, 9.17) is 15.0 Å². The zero-order valence-electron chi connectivity index (χ0n) is 24.0. The van der Waals surface area contributed by atoms with Gasteiger partial charge in [-0.2, -0.15) is 0 Å². The van der Waals surface area contributed by atoms with Crippen molar-refractivity contribution < 1.29 is 27.9 Å². The first-order valence-corrected chi connectivity index (χ1v) is 14.1. The first-order chi connectivity index (χ1) is 20.0. The van der Waals surface area contributed by atoms with Crippen LogP contribution in [0.3, 0.4) is 0 Å². The van der Waals surface area contributed by atoms with E-state index in [-0.39, 0.29) is 17.0 Å². The van der Waals surface area contributed by atoms with Gasteiger partial charge in [0.2, 0.25) is 5.91 Å². The first-order valence-electron chi connectivity index (χ1n) is 14.1. The second kappa shape index (κ2) is 10.3. The van der Waals surface area contributed by atoms with E-state index < -0.39 is 29.2 Å². The highest BCUT2D eigenvalue weighted by molar-refractivity contribution is 6.19.